The van der Waals surface area contributed by atoms with E-state index in [2.05, 4.69) is 10.1 Å². The van der Waals surface area contributed by atoms with Crippen molar-refractivity contribution >= 4 is 16.7 Å². The van der Waals surface area contributed by atoms with Gasteiger partial charge in [-0.05, 0) is 29.3 Å². The normalized spacial score (nSPS) is 19.8. The number of rotatable bonds is 5. The molecule has 24 heavy (non-hydrogen) atoms. The number of hydrogen-bond donors (Lipinski definition) is 2. The van der Waals surface area contributed by atoms with E-state index in [4.69, 9.17) is 5.11 Å². The van der Waals surface area contributed by atoms with E-state index in [1.807, 2.05) is 12.1 Å². The monoisotopic (exact) mass is 333 g/mol. The van der Waals surface area contributed by atoms with Crippen LogP contribution >= 0.6 is 0 Å². The molecule has 0 aromatic heterocycles. The lowest BCUT2D eigenvalue weighted by Crippen LogP contribution is -2.33. The largest absolute Gasteiger partial charge is 0.434 e. The van der Waals surface area contributed by atoms with Crippen LogP contribution in [0.4, 0.5) is 8.78 Å². The van der Waals surface area contributed by atoms with Crippen molar-refractivity contribution in [1.82, 2.24) is 5.32 Å². The second-order valence-corrected chi connectivity index (χ2v) is 5.72. The van der Waals surface area contributed by atoms with E-state index in [0.717, 1.165) is 5.39 Å². The van der Waals surface area contributed by atoms with E-state index in [1.54, 1.807) is 30.3 Å². The number of hydrogen-bond acceptors (Lipinski definition) is 3. The van der Waals surface area contributed by atoms with Crippen LogP contribution in [0.15, 0.2) is 48.6 Å². The van der Waals surface area contributed by atoms with Gasteiger partial charge < -0.3 is 15.2 Å². The average Bonchev–Trinajstić information content (AvgIpc) is 3.01. The van der Waals surface area contributed by atoms with Crippen molar-refractivity contribution in [2.75, 3.05) is 6.61 Å². The molecule has 2 atom stereocenters. The van der Waals surface area contributed by atoms with Gasteiger partial charge in [-0.2, -0.15) is 8.78 Å². The van der Waals surface area contributed by atoms with Crippen molar-refractivity contribution in [2.24, 2.45) is 5.92 Å². The van der Waals surface area contributed by atoms with E-state index >= 15 is 0 Å². The number of fused-ring (bicyclic) bond motifs is 1. The lowest BCUT2D eigenvalue weighted by molar-refractivity contribution is -0.0500. The SMILES string of the molecule is O=C(N[C@@H]1C=C[C@H](CO)C1)c1cc2ccccc2cc1OC(F)F. The Bertz CT molecular complexity index is 776. The molecule has 2 N–H and O–H groups in total. The van der Waals surface area contributed by atoms with Crippen LogP contribution in [0.5, 0.6) is 5.75 Å². The Morgan fingerprint density at radius 3 is 2.58 bits per heavy atom. The van der Waals surface area contributed by atoms with E-state index in [9.17, 15) is 13.6 Å². The summed E-state index contributed by atoms with van der Waals surface area (Å²) in [4.78, 5) is 12.5. The Balaban J connectivity index is 1.88. The molecule has 2 aromatic rings. The van der Waals surface area contributed by atoms with Gasteiger partial charge in [-0.3, -0.25) is 4.79 Å². The van der Waals surface area contributed by atoms with Crippen molar-refractivity contribution in [3.63, 3.8) is 0 Å². The molecule has 0 aliphatic heterocycles. The first kappa shape index (κ1) is 16.4. The molecule has 0 heterocycles. The Morgan fingerprint density at radius 1 is 1.25 bits per heavy atom. The predicted octanol–water partition coefficient (Wildman–Crippen LogP) is 3.11. The first-order valence-corrected chi connectivity index (χ1v) is 7.64. The van der Waals surface area contributed by atoms with Crippen LogP contribution < -0.4 is 10.1 Å². The van der Waals surface area contributed by atoms with Gasteiger partial charge in [0, 0.05) is 18.6 Å². The molecule has 0 saturated heterocycles. The van der Waals surface area contributed by atoms with Gasteiger partial charge in [-0.25, -0.2) is 0 Å². The maximum atomic E-state index is 12.7. The molecule has 2 aromatic carbocycles. The molecule has 0 fully saturated rings. The Kier molecular flexibility index (Phi) is 4.76. The number of alkyl halides is 2. The highest BCUT2D eigenvalue weighted by Gasteiger charge is 2.23. The smallest absolute Gasteiger partial charge is 0.387 e. The fourth-order valence-electron chi connectivity index (χ4n) is 2.85. The average molecular weight is 333 g/mol. The van der Waals surface area contributed by atoms with Crippen LogP contribution in [-0.2, 0) is 0 Å². The highest BCUT2D eigenvalue weighted by Crippen LogP contribution is 2.28. The molecule has 1 aliphatic carbocycles. The molecular weight excluding hydrogens is 316 g/mol. The molecule has 4 nitrogen and oxygen atoms in total. The summed E-state index contributed by atoms with van der Waals surface area (Å²) in [7, 11) is 0. The zero-order valence-corrected chi connectivity index (χ0v) is 12.8. The topological polar surface area (TPSA) is 58.6 Å². The second kappa shape index (κ2) is 6.97. The molecule has 126 valence electrons. The summed E-state index contributed by atoms with van der Waals surface area (Å²) in [5.41, 5.74) is 0.0647. The number of aliphatic hydroxyl groups excluding tert-OH is 1. The summed E-state index contributed by atoms with van der Waals surface area (Å²) >= 11 is 0. The molecule has 0 radical (unpaired) electrons. The van der Waals surface area contributed by atoms with Crippen molar-refractivity contribution in [3.8, 4) is 5.75 Å². The first-order valence-electron chi connectivity index (χ1n) is 7.64. The minimum absolute atomic E-state index is 0.00341. The minimum Gasteiger partial charge on any atom is -0.434 e. The van der Waals surface area contributed by atoms with Gasteiger partial charge >= 0.3 is 6.61 Å². The molecular formula is C18H17F2NO3. The lowest BCUT2D eigenvalue weighted by atomic mass is 10.0. The van der Waals surface area contributed by atoms with Crippen LogP contribution in [0.2, 0.25) is 0 Å². The summed E-state index contributed by atoms with van der Waals surface area (Å²) in [5, 5.41) is 13.4. The minimum atomic E-state index is -3.01. The van der Waals surface area contributed by atoms with Gasteiger partial charge in [0.15, 0.2) is 0 Å². The number of halogens is 2. The number of carbonyl (C=O) groups excluding carboxylic acids is 1. The maximum Gasteiger partial charge on any atom is 0.387 e. The molecule has 1 aliphatic rings. The quantitative estimate of drug-likeness (QED) is 0.827. The number of carbonyl (C=O) groups is 1. The van der Waals surface area contributed by atoms with Gasteiger partial charge in [-0.15, -0.1) is 0 Å². The molecule has 0 unspecified atom stereocenters. The van der Waals surface area contributed by atoms with Gasteiger partial charge in [0.2, 0.25) is 0 Å². The van der Waals surface area contributed by atoms with Crippen molar-refractivity contribution in [3.05, 3.63) is 54.1 Å². The predicted molar refractivity (Wildman–Crippen MR) is 86.2 cm³/mol. The maximum absolute atomic E-state index is 12.7. The van der Waals surface area contributed by atoms with E-state index in [1.165, 1.54) is 6.07 Å². The molecule has 3 rings (SSSR count). The summed E-state index contributed by atoms with van der Waals surface area (Å²) < 4.78 is 29.9. The number of nitrogens with one attached hydrogen (secondary N) is 1. The third-order valence-corrected chi connectivity index (χ3v) is 4.03. The third-order valence-electron chi connectivity index (χ3n) is 4.03. The molecule has 0 spiro atoms. The standard InChI is InChI=1S/C18H17F2NO3/c19-18(20)24-16-9-13-4-2-1-3-12(13)8-15(16)17(23)21-14-6-5-11(7-14)10-22/h1-6,8-9,11,14,18,22H,7,10H2,(H,21,23)/t11-,14+/m0/s1. The van der Waals surface area contributed by atoms with Gasteiger partial charge in [0.1, 0.15) is 5.75 Å². The Hall–Kier alpha value is -2.47. The van der Waals surface area contributed by atoms with E-state index in [-0.39, 0.29) is 29.9 Å². The summed E-state index contributed by atoms with van der Waals surface area (Å²) in [6, 6.07) is 9.91. The summed E-state index contributed by atoms with van der Waals surface area (Å²) in [6.07, 6.45) is 4.22. The molecule has 6 heteroatoms. The number of ether oxygens (including phenoxy) is 1. The number of benzene rings is 2. The van der Waals surface area contributed by atoms with Gasteiger partial charge in [0.05, 0.1) is 5.56 Å². The first-order chi connectivity index (χ1) is 11.6. The zero-order chi connectivity index (χ0) is 17.1. The van der Waals surface area contributed by atoms with Crippen LogP contribution in [0.3, 0.4) is 0 Å². The molecule has 0 bridgehead atoms. The lowest BCUT2D eigenvalue weighted by Gasteiger charge is -2.16. The van der Waals surface area contributed by atoms with E-state index < -0.39 is 12.5 Å². The number of amides is 1. The highest BCUT2D eigenvalue weighted by molar-refractivity contribution is 6.01. The number of aliphatic hydroxyl groups is 1. The van der Waals surface area contributed by atoms with E-state index in [0.29, 0.717) is 11.8 Å². The van der Waals surface area contributed by atoms with Crippen LogP contribution in [-0.4, -0.2) is 30.3 Å². The van der Waals surface area contributed by atoms with Gasteiger partial charge in [-0.1, -0.05) is 36.4 Å². The van der Waals surface area contributed by atoms with Crippen molar-refractivity contribution < 1.29 is 23.4 Å². The van der Waals surface area contributed by atoms with Crippen molar-refractivity contribution in [1.29, 1.82) is 0 Å². The Labute approximate surface area is 137 Å². The highest BCUT2D eigenvalue weighted by atomic mass is 19.3. The van der Waals surface area contributed by atoms with Gasteiger partial charge in [0.25, 0.3) is 5.91 Å². The molecule has 0 saturated carbocycles. The fourth-order valence-corrected chi connectivity index (χ4v) is 2.85. The third kappa shape index (κ3) is 3.54. The zero-order valence-electron chi connectivity index (χ0n) is 12.8. The van der Waals surface area contributed by atoms with Crippen LogP contribution in [0.1, 0.15) is 16.8 Å². The summed E-state index contributed by atoms with van der Waals surface area (Å²) in [6.45, 7) is -3.00. The Morgan fingerprint density at radius 2 is 1.96 bits per heavy atom. The molecule has 1 amide bonds. The van der Waals surface area contributed by atoms with Crippen molar-refractivity contribution in [2.45, 2.75) is 19.1 Å². The van der Waals surface area contributed by atoms with Crippen LogP contribution in [0, 0.1) is 5.92 Å². The fraction of sp³-hybridized carbons (Fsp3) is 0.278. The van der Waals surface area contributed by atoms with Crippen LogP contribution in [0.25, 0.3) is 10.8 Å². The summed E-state index contributed by atoms with van der Waals surface area (Å²) in [5.74, 6) is -0.629. The second-order valence-electron chi connectivity index (χ2n) is 5.72.